The number of halogens is 1. The number of hydrogen-bond donors (Lipinski definition) is 2. The van der Waals surface area contributed by atoms with Gasteiger partial charge in [0.2, 0.25) is 0 Å². The zero-order chi connectivity index (χ0) is 11.5. The monoisotopic (exact) mass is 239 g/mol. The molecule has 2 N–H and O–H groups in total. The number of aliphatic hydroxyl groups is 1. The topological polar surface area (TPSA) is 49.3 Å². The summed E-state index contributed by atoms with van der Waals surface area (Å²) in [6, 6.07) is 6.28. The van der Waals surface area contributed by atoms with Gasteiger partial charge in [-0.05, 0) is 18.2 Å². The van der Waals surface area contributed by atoms with Crippen LogP contribution in [0.5, 0.6) is 0 Å². The van der Waals surface area contributed by atoms with Crippen molar-refractivity contribution in [3.8, 4) is 0 Å². The van der Waals surface area contributed by atoms with Crippen LogP contribution in [0.1, 0.15) is 9.67 Å². The van der Waals surface area contributed by atoms with Crippen LogP contribution in [0.4, 0.5) is 4.39 Å². The van der Waals surface area contributed by atoms with E-state index in [1.807, 2.05) is 0 Å². The lowest BCUT2D eigenvalue weighted by Gasteiger charge is -1.98. The van der Waals surface area contributed by atoms with E-state index in [0.717, 1.165) is 4.70 Å². The third kappa shape index (κ3) is 2.05. The molecule has 0 aliphatic carbocycles. The van der Waals surface area contributed by atoms with E-state index >= 15 is 0 Å². The lowest BCUT2D eigenvalue weighted by atomic mass is 10.2. The molecule has 0 atom stereocenters. The number of amides is 1. The molecule has 0 aliphatic rings. The number of aliphatic hydroxyl groups excluding tert-OH is 1. The third-order valence-electron chi connectivity index (χ3n) is 2.13. The number of carbonyl (C=O) groups excluding carboxylic acids is 1. The molecule has 0 bridgehead atoms. The van der Waals surface area contributed by atoms with Crippen LogP contribution < -0.4 is 5.32 Å². The Balaban J connectivity index is 2.32. The van der Waals surface area contributed by atoms with E-state index in [4.69, 9.17) is 5.11 Å². The average molecular weight is 239 g/mol. The fourth-order valence-electron chi connectivity index (χ4n) is 1.39. The van der Waals surface area contributed by atoms with Crippen molar-refractivity contribution in [2.75, 3.05) is 13.2 Å². The zero-order valence-electron chi connectivity index (χ0n) is 8.37. The van der Waals surface area contributed by atoms with E-state index in [2.05, 4.69) is 5.32 Å². The molecule has 0 spiro atoms. The van der Waals surface area contributed by atoms with E-state index < -0.39 is 0 Å². The van der Waals surface area contributed by atoms with Gasteiger partial charge in [0.05, 0.1) is 11.5 Å². The molecule has 5 heteroatoms. The molecule has 16 heavy (non-hydrogen) atoms. The normalized spacial score (nSPS) is 10.6. The number of thiophene rings is 1. The largest absolute Gasteiger partial charge is 0.395 e. The van der Waals surface area contributed by atoms with Crippen molar-refractivity contribution in [3.63, 3.8) is 0 Å². The summed E-state index contributed by atoms with van der Waals surface area (Å²) in [7, 11) is 0. The van der Waals surface area contributed by atoms with Crippen molar-refractivity contribution >= 4 is 27.3 Å². The molecule has 3 nitrogen and oxygen atoms in total. The lowest BCUT2D eigenvalue weighted by molar-refractivity contribution is 0.0949. The van der Waals surface area contributed by atoms with Gasteiger partial charge in [-0.15, -0.1) is 11.3 Å². The molecule has 1 amide bonds. The molecule has 2 rings (SSSR count). The van der Waals surface area contributed by atoms with Gasteiger partial charge in [-0.25, -0.2) is 4.39 Å². The van der Waals surface area contributed by atoms with Crippen molar-refractivity contribution in [1.29, 1.82) is 0 Å². The first-order valence-electron chi connectivity index (χ1n) is 4.79. The third-order valence-corrected chi connectivity index (χ3v) is 3.23. The van der Waals surface area contributed by atoms with Gasteiger partial charge in [0.25, 0.3) is 5.91 Å². The smallest absolute Gasteiger partial charge is 0.261 e. The van der Waals surface area contributed by atoms with E-state index in [9.17, 15) is 9.18 Å². The van der Waals surface area contributed by atoms with Crippen LogP contribution in [-0.4, -0.2) is 24.2 Å². The molecule has 1 heterocycles. The maximum absolute atomic E-state index is 13.3. The number of rotatable bonds is 3. The van der Waals surface area contributed by atoms with Crippen LogP contribution in [0, 0.1) is 5.82 Å². The quantitative estimate of drug-likeness (QED) is 0.857. The Morgan fingerprint density at radius 1 is 1.50 bits per heavy atom. The zero-order valence-corrected chi connectivity index (χ0v) is 9.18. The minimum absolute atomic E-state index is 0.106. The lowest BCUT2D eigenvalue weighted by Crippen LogP contribution is -2.25. The molecule has 0 saturated heterocycles. The Morgan fingerprint density at radius 3 is 3.00 bits per heavy atom. The summed E-state index contributed by atoms with van der Waals surface area (Å²) in [5.74, 6) is -0.607. The molecule has 84 valence electrons. The van der Waals surface area contributed by atoms with Gasteiger partial charge >= 0.3 is 0 Å². The highest BCUT2D eigenvalue weighted by Gasteiger charge is 2.11. The number of fused-ring (bicyclic) bond motifs is 1. The van der Waals surface area contributed by atoms with Gasteiger partial charge in [0.15, 0.2) is 0 Å². The van der Waals surface area contributed by atoms with Gasteiger partial charge in [-0.1, -0.05) is 6.07 Å². The fourth-order valence-corrected chi connectivity index (χ4v) is 2.39. The Morgan fingerprint density at radius 2 is 2.31 bits per heavy atom. The maximum atomic E-state index is 13.3. The molecule has 0 fully saturated rings. The van der Waals surface area contributed by atoms with Crippen LogP contribution in [0.15, 0.2) is 24.3 Å². The highest BCUT2D eigenvalue weighted by molar-refractivity contribution is 7.20. The average Bonchev–Trinajstić information content (AvgIpc) is 2.71. The molecule has 2 aromatic rings. The second kappa shape index (κ2) is 4.59. The first kappa shape index (κ1) is 11.0. The number of benzene rings is 1. The van der Waals surface area contributed by atoms with Gasteiger partial charge in [0, 0.05) is 16.6 Å². The molecule has 1 aromatic heterocycles. The minimum Gasteiger partial charge on any atom is -0.395 e. The Labute approximate surface area is 95.5 Å². The highest BCUT2D eigenvalue weighted by Crippen LogP contribution is 2.27. The summed E-state index contributed by atoms with van der Waals surface area (Å²) in [5, 5.41) is 11.6. The second-order valence-corrected chi connectivity index (χ2v) is 4.33. The summed E-state index contributed by atoms with van der Waals surface area (Å²) in [6.45, 7) is 0.0978. The molecular formula is C11H10FNO2S. The standard InChI is InChI=1S/C11H10FNO2S/c12-8-2-1-3-9-7(8)6-10(16-9)11(15)13-4-5-14/h1-3,6,14H,4-5H2,(H,13,15). The van der Waals surface area contributed by atoms with Gasteiger partial charge < -0.3 is 10.4 Å². The number of nitrogens with one attached hydrogen (secondary N) is 1. The Bertz CT molecular complexity index is 524. The molecule has 0 radical (unpaired) electrons. The van der Waals surface area contributed by atoms with Gasteiger partial charge in [-0.2, -0.15) is 0 Å². The first-order valence-corrected chi connectivity index (χ1v) is 5.61. The predicted octanol–water partition coefficient (Wildman–Crippen LogP) is 1.76. The van der Waals surface area contributed by atoms with Crippen LogP contribution in [0.3, 0.4) is 0 Å². The van der Waals surface area contributed by atoms with E-state index in [1.54, 1.807) is 12.1 Å². The molecule has 0 aliphatic heterocycles. The van der Waals surface area contributed by atoms with Crippen LogP contribution >= 0.6 is 11.3 Å². The molecule has 1 aromatic carbocycles. The highest BCUT2D eigenvalue weighted by atomic mass is 32.1. The second-order valence-electron chi connectivity index (χ2n) is 3.24. The molecule has 0 saturated carbocycles. The Kier molecular flexibility index (Phi) is 3.17. The van der Waals surface area contributed by atoms with Crippen LogP contribution in [-0.2, 0) is 0 Å². The number of hydrogen-bond acceptors (Lipinski definition) is 3. The predicted molar refractivity (Wildman–Crippen MR) is 61.2 cm³/mol. The van der Waals surface area contributed by atoms with Gasteiger partial charge in [0.1, 0.15) is 5.82 Å². The van der Waals surface area contributed by atoms with E-state index in [-0.39, 0.29) is 24.9 Å². The molecule has 0 unspecified atom stereocenters. The van der Waals surface area contributed by atoms with E-state index in [1.165, 1.54) is 23.5 Å². The summed E-state index contributed by atoms with van der Waals surface area (Å²) in [4.78, 5) is 12.0. The fraction of sp³-hybridized carbons (Fsp3) is 0.182. The van der Waals surface area contributed by atoms with Gasteiger partial charge in [-0.3, -0.25) is 4.79 Å². The summed E-state index contributed by atoms with van der Waals surface area (Å²) >= 11 is 1.24. The summed E-state index contributed by atoms with van der Waals surface area (Å²) in [6.07, 6.45) is 0. The van der Waals surface area contributed by atoms with Crippen molar-refractivity contribution in [1.82, 2.24) is 5.32 Å². The SMILES string of the molecule is O=C(NCCO)c1cc2c(F)cccc2s1. The number of carbonyl (C=O) groups is 1. The Hall–Kier alpha value is -1.46. The van der Waals surface area contributed by atoms with Crippen molar-refractivity contribution in [3.05, 3.63) is 35.0 Å². The van der Waals surface area contributed by atoms with Crippen LogP contribution in [0.2, 0.25) is 0 Å². The van der Waals surface area contributed by atoms with E-state index in [0.29, 0.717) is 10.3 Å². The minimum atomic E-state index is -0.324. The van der Waals surface area contributed by atoms with Crippen molar-refractivity contribution < 1.29 is 14.3 Å². The van der Waals surface area contributed by atoms with Crippen molar-refractivity contribution in [2.45, 2.75) is 0 Å². The summed E-state index contributed by atoms with van der Waals surface area (Å²) in [5.41, 5.74) is 0. The maximum Gasteiger partial charge on any atom is 0.261 e. The van der Waals surface area contributed by atoms with Crippen LogP contribution in [0.25, 0.3) is 10.1 Å². The summed E-state index contributed by atoms with van der Waals surface area (Å²) < 4.78 is 14.1. The first-order chi connectivity index (χ1) is 7.72. The van der Waals surface area contributed by atoms with Crippen molar-refractivity contribution in [2.24, 2.45) is 0 Å². The molecular weight excluding hydrogens is 229 g/mol.